The molecule has 0 bridgehead atoms. The molecule has 1 heterocycles. The van der Waals surface area contributed by atoms with E-state index in [9.17, 15) is 9.59 Å². The fraction of sp³-hybridized carbons (Fsp3) is 0.882. The summed E-state index contributed by atoms with van der Waals surface area (Å²) in [5.41, 5.74) is 0. The lowest BCUT2D eigenvalue weighted by Crippen LogP contribution is -2.36. The number of nitrogens with one attached hydrogen (secondary N) is 1. The van der Waals surface area contributed by atoms with Crippen LogP contribution in [0.2, 0.25) is 0 Å². The van der Waals surface area contributed by atoms with E-state index in [1.54, 1.807) is 7.11 Å². The first kappa shape index (κ1) is 17.3. The van der Waals surface area contributed by atoms with Crippen LogP contribution in [0.25, 0.3) is 0 Å². The van der Waals surface area contributed by atoms with Crippen molar-refractivity contribution in [3.8, 4) is 0 Å². The monoisotopic (exact) mass is 310 g/mol. The quantitative estimate of drug-likeness (QED) is 0.847. The fourth-order valence-corrected chi connectivity index (χ4v) is 3.43. The van der Waals surface area contributed by atoms with E-state index in [1.807, 2.05) is 4.90 Å². The molecule has 1 saturated heterocycles. The molecule has 1 unspecified atom stereocenters. The van der Waals surface area contributed by atoms with Gasteiger partial charge < -0.3 is 15.0 Å². The third kappa shape index (κ3) is 5.59. The Balaban J connectivity index is 1.65. The normalized spacial score (nSPS) is 23.9. The largest absolute Gasteiger partial charge is 0.380 e. The number of ether oxygens (including phenoxy) is 1. The highest BCUT2D eigenvalue weighted by atomic mass is 16.5. The van der Waals surface area contributed by atoms with E-state index in [2.05, 4.69) is 5.32 Å². The number of hydrogen-bond acceptors (Lipinski definition) is 3. The minimum Gasteiger partial charge on any atom is -0.380 e. The average Bonchev–Trinajstić information content (AvgIpc) is 2.96. The molecule has 1 atom stereocenters. The lowest BCUT2D eigenvalue weighted by atomic mass is 9.96. The smallest absolute Gasteiger partial charge is 0.223 e. The van der Waals surface area contributed by atoms with Crippen molar-refractivity contribution in [1.29, 1.82) is 0 Å². The third-order valence-corrected chi connectivity index (χ3v) is 4.87. The van der Waals surface area contributed by atoms with Crippen LogP contribution >= 0.6 is 0 Å². The van der Waals surface area contributed by atoms with Gasteiger partial charge >= 0.3 is 0 Å². The van der Waals surface area contributed by atoms with Crippen LogP contribution in [0.15, 0.2) is 0 Å². The number of nitrogens with zero attached hydrogens (tertiary/aromatic N) is 1. The zero-order chi connectivity index (χ0) is 15.8. The van der Waals surface area contributed by atoms with Gasteiger partial charge in [-0.25, -0.2) is 0 Å². The Morgan fingerprint density at radius 3 is 2.36 bits per heavy atom. The second-order valence-corrected chi connectivity index (χ2v) is 6.60. The molecule has 2 fully saturated rings. The van der Waals surface area contributed by atoms with Crippen molar-refractivity contribution in [1.82, 2.24) is 10.2 Å². The molecule has 0 aromatic rings. The van der Waals surface area contributed by atoms with Gasteiger partial charge in [0.1, 0.15) is 0 Å². The van der Waals surface area contributed by atoms with E-state index in [1.165, 1.54) is 32.1 Å². The van der Waals surface area contributed by atoms with Crippen LogP contribution in [-0.2, 0) is 14.3 Å². The first-order valence-electron chi connectivity index (χ1n) is 8.79. The van der Waals surface area contributed by atoms with Gasteiger partial charge in [-0.2, -0.15) is 0 Å². The van der Waals surface area contributed by atoms with E-state index in [0.29, 0.717) is 25.4 Å². The van der Waals surface area contributed by atoms with Gasteiger partial charge in [0.05, 0.1) is 6.10 Å². The van der Waals surface area contributed by atoms with E-state index in [4.69, 9.17) is 4.74 Å². The van der Waals surface area contributed by atoms with Crippen LogP contribution < -0.4 is 5.32 Å². The first-order valence-corrected chi connectivity index (χ1v) is 8.79. The van der Waals surface area contributed by atoms with Gasteiger partial charge in [0.25, 0.3) is 0 Å². The lowest BCUT2D eigenvalue weighted by molar-refractivity contribution is -0.133. The number of rotatable bonds is 5. The van der Waals surface area contributed by atoms with Crippen molar-refractivity contribution < 1.29 is 14.3 Å². The Labute approximate surface area is 133 Å². The molecule has 0 spiro atoms. The van der Waals surface area contributed by atoms with E-state index < -0.39 is 0 Å². The summed E-state index contributed by atoms with van der Waals surface area (Å²) < 4.78 is 5.27. The Kier molecular flexibility index (Phi) is 7.16. The molecule has 1 saturated carbocycles. The second kappa shape index (κ2) is 9.13. The van der Waals surface area contributed by atoms with Crippen LogP contribution in [-0.4, -0.2) is 49.1 Å². The molecule has 2 amide bonds. The maximum atomic E-state index is 12.1. The molecule has 1 aliphatic heterocycles. The molecule has 5 heteroatoms. The second-order valence-electron chi connectivity index (χ2n) is 6.60. The minimum atomic E-state index is 0.0291. The predicted molar refractivity (Wildman–Crippen MR) is 85.5 cm³/mol. The highest BCUT2D eigenvalue weighted by molar-refractivity contribution is 5.84. The highest BCUT2D eigenvalue weighted by Gasteiger charge is 2.26. The summed E-state index contributed by atoms with van der Waals surface area (Å²) in [6, 6.07) is 0.313. The molecule has 1 N–H and O–H groups in total. The molecule has 22 heavy (non-hydrogen) atoms. The van der Waals surface area contributed by atoms with Crippen molar-refractivity contribution in [2.45, 2.75) is 76.4 Å². The number of likely N-dealkylation sites (tertiary alicyclic amines) is 1. The van der Waals surface area contributed by atoms with Gasteiger partial charge in [0.15, 0.2) is 0 Å². The summed E-state index contributed by atoms with van der Waals surface area (Å²) in [4.78, 5) is 26.0. The Hall–Kier alpha value is -1.10. The van der Waals surface area contributed by atoms with Crippen molar-refractivity contribution in [2.24, 2.45) is 0 Å². The molecule has 5 nitrogen and oxygen atoms in total. The number of methoxy groups -OCH3 is 1. The first-order chi connectivity index (χ1) is 10.7. The lowest BCUT2D eigenvalue weighted by Gasteiger charge is -2.21. The maximum Gasteiger partial charge on any atom is 0.223 e. The summed E-state index contributed by atoms with van der Waals surface area (Å²) >= 11 is 0. The minimum absolute atomic E-state index is 0.0291. The Morgan fingerprint density at radius 2 is 1.73 bits per heavy atom. The van der Waals surface area contributed by atoms with Crippen LogP contribution in [0.4, 0.5) is 0 Å². The Morgan fingerprint density at radius 1 is 1.05 bits per heavy atom. The number of amides is 2. The van der Waals surface area contributed by atoms with Gasteiger partial charge in [0, 0.05) is 39.1 Å². The molecule has 2 rings (SSSR count). The third-order valence-electron chi connectivity index (χ3n) is 4.87. The summed E-state index contributed by atoms with van der Waals surface area (Å²) in [6.45, 7) is 1.42. The molecule has 1 aliphatic carbocycles. The van der Waals surface area contributed by atoms with Crippen molar-refractivity contribution >= 4 is 11.8 Å². The fourth-order valence-electron chi connectivity index (χ4n) is 3.43. The van der Waals surface area contributed by atoms with Crippen LogP contribution in [0.5, 0.6) is 0 Å². The van der Waals surface area contributed by atoms with Crippen LogP contribution in [0.1, 0.15) is 64.2 Å². The molecular formula is C17H30N2O3. The van der Waals surface area contributed by atoms with Crippen molar-refractivity contribution in [2.75, 3.05) is 20.2 Å². The predicted octanol–water partition coefficient (Wildman–Crippen LogP) is 2.24. The van der Waals surface area contributed by atoms with Gasteiger partial charge in [-0.3, -0.25) is 9.59 Å². The van der Waals surface area contributed by atoms with Gasteiger partial charge in [0.2, 0.25) is 11.8 Å². The number of carbonyl (C=O) groups is 2. The van der Waals surface area contributed by atoms with Gasteiger partial charge in [-0.05, 0) is 19.3 Å². The SMILES string of the molecule is COC1CCN(C(=O)CCC(=O)NC2CCCCCCC2)C1. The number of carbonyl (C=O) groups excluding carboxylic acids is 2. The summed E-state index contributed by atoms with van der Waals surface area (Å²) in [6.07, 6.45) is 10.1. The van der Waals surface area contributed by atoms with E-state index >= 15 is 0 Å². The zero-order valence-corrected chi connectivity index (χ0v) is 13.8. The number of hydrogen-bond donors (Lipinski definition) is 1. The summed E-state index contributed by atoms with van der Waals surface area (Å²) in [7, 11) is 1.68. The molecule has 0 radical (unpaired) electrons. The summed E-state index contributed by atoms with van der Waals surface area (Å²) in [5, 5.41) is 3.12. The van der Waals surface area contributed by atoms with E-state index in [-0.39, 0.29) is 17.9 Å². The molecule has 0 aromatic heterocycles. The zero-order valence-electron chi connectivity index (χ0n) is 13.8. The van der Waals surface area contributed by atoms with Crippen molar-refractivity contribution in [3.63, 3.8) is 0 Å². The molecule has 2 aliphatic rings. The highest BCUT2D eigenvalue weighted by Crippen LogP contribution is 2.17. The summed E-state index contributed by atoms with van der Waals surface area (Å²) in [5.74, 6) is 0.105. The van der Waals surface area contributed by atoms with Crippen LogP contribution in [0, 0.1) is 0 Å². The maximum absolute atomic E-state index is 12.1. The topological polar surface area (TPSA) is 58.6 Å². The standard InChI is InChI=1S/C17H30N2O3/c1-22-15-11-12-19(13-15)17(21)10-9-16(20)18-14-7-5-3-2-4-6-8-14/h14-15H,2-13H2,1H3,(H,18,20). The molecule has 0 aromatic carbocycles. The Bertz CT molecular complexity index is 365. The average molecular weight is 310 g/mol. The van der Waals surface area contributed by atoms with E-state index in [0.717, 1.165) is 25.8 Å². The van der Waals surface area contributed by atoms with Gasteiger partial charge in [-0.1, -0.05) is 32.1 Å². The van der Waals surface area contributed by atoms with Gasteiger partial charge in [-0.15, -0.1) is 0 Å². The van der Waals surface area contributed by atoms with Crippen molar-refractivity contribution in [3.05, 3.63) is 0 Å². The molecular weight excluding hydrogens is 280 g/mol. The molecule has 126 valence electrons. The van der Waals surface area contributed by atoms with Crippen LogP contribution in [0.3, 0.4) is 0 Å².